The van der Waals surface area contributed by atoms with E-state index in [1.165, 1.54) is 0 Å². The zero-order valence-electron chi connectivity index (χ0n) is 6.73. The molecule has 0 unspecified atom stereocenters. The highest BCUT2D eigenvalue weighted by Gasteiger charge is 2.09. The molecule has 0 atom stereocenters. The molecule has 3 heteroatoms. The summed E-state index contributed by atoms with van der Waals surface area (Å²) in [6, 6.07) is 3.70. The highest BCUT2D eigenvalue weighted by Crippen LogP contribution is 2.10. The molecule has 0 saturated carbocycles. The molecule has 0 radical (unpaired) electrons. The van der Waals surface area contributed by atoms with Crippen molar-refractivity contribution < 1.29 is 9.94 Å². The van der Waals surface area contributed by atoms with E-state index in [-0.39, 0.29) is 0 Å². The van der Waals surface area contributed by atoms with Crippen molar-refractivity contribution in [3.8, 4) is 0 Å². The van der Waals surface area contributed by atoms with Gasteiger partial charge in [0.15, 0.2) is 0 Å². The molecule has 2 rings (SSSR count). The quantitative estimate of drug-likeness (QED) is 0.463. The first kappa shape index (κ1) is 7.03. The SMILES string of the molecule is Cc1cncc2ccc[n+](O)c12. The third kappa shape index (κ3) is 0.906. The summed E-state index contributed by atoms with van der Waals surface area (Å²) < 4.78 is 1.12. The van der Waals surface area contributed by atoms with Crippen LogP contribution in [0.25, 0.3) is 10.9 Å². The largest absolute Gasteiger partial charge is 0.285 e. The van der Waals surface area contributed by atoms with Crippen LogP contribution in [-0.4, -0.2) is 10.2 Å². The van der Waals surface area contributed by atoms with Crippen molar-refractivity contribution in [3.05, 3.63) is 36.3 Å². The Bertz CT molecular complexity index is 389. The van der Waals surface area contributed by atoms with Crippen LogP contribution >= 0.6 is 0 Å². The van der Waals surface area contributed by atoms with Crippen LogP contribution in [0.5, 0.6) is 0 Å². The molecular weight excluding hydrogens is 152 g/mol. The van der Waals surface area contributed by atoms with Crippen LogP contribution in [0.2, 0.25) is 0 Å². The summed E-state index contributed by atoms with van der Waals surface area (Å²) >= 11 is 0. The molecule has 0 saturated heterocycles. The predicted octanol–water partition coefficient (Wildman–Crippen LogP) is 1.07. The van der Waals surface area contributed by atoms with E-state index in [0.717, 1.165) is 21.2 Å². The lowest BCUT2D eigenvalue weighted by atomic mass is 10.2. The van der Waals surface area contributed by atoms with E-state index in [9.17, 15) is 5.21 Å². The number of aromatic nitrogens is 2. The fourth-order valence-electron chi connectivity index (χ4n) is 1.32. The van der Waals surface area contributed by atoms with Crippen LogP contribution in [-0.2, 0) is 0 Å². The summed E-state index contributed by atoms with van der Waals surface area (Å²) in [4.78, 5) is 4.03. The summed E-state index contributed by atoms with van der Waals surface area (Å²) in [5, 5.41) is 10.4. The molecule has 2 aromatic heterocycles. The number of hydrogen-bond donors (Lipinski definition) is 1. The van der Waals surface area contributed by atoms with Crippen LogP contribution in [0.4, 0.5) is 0 Å². The average Bonchev–Trinajstić information content (AvgIpc) is 2.04. The Labute approximate surface area is 69.9 Å². The highest BCUT2D eigenvalue weighted by atomic mass is 16.5. The van der Waals surface area contributed by atoms with Gasteiger partial charge in [0.25, 0.3) is 5.52 Å². The van der Waals surface area contributed by atoms with E-state index in [1.54, 1.807) is 24.7 Å². The molecule has 0 bridgehead atoms. The van der Waals surface area contributed by atoms with Gasteiger partial charge in [0, 0.05) is 28.8 Å². The summed E-state index contributed by atoms with van der Waals surface area (Å²) in [5.41, 5.74) is 1.78. The first-order valence-electron chi connectivity index (χ1n) is 3.73. The maximum absolute atomic E-state index is 9.44. The summed E-state index contributed by atoms with van der Waals surface area (Å²) in [5.74, 6) is 0. The van der Waals surface area contributed by atoms with Gasteiger partial charge in [0.05, 0.1) is 5.39 Å². The topological polar surface area (TPSA) is 37.0 Å². The Kier molecular flexibility index (Phi) is 1.43. The lowest BCUT2D eigenvalue weighted by Gasteiger charge is -1.94. The van der Waals surface area contributed by atoms with Crippen LogP contribution in [0.1, 0.15) is 5.56 Å². The van der Waals surface area contributed by atoms with Crippen molar-refractivity contribution in [2.24, 2.45) is 0 Å². The molecule has 0 aliphatic heterocycles. The average molecular weight is 161 g/mol. The molecule has 0 aromatic carbocycles. The number of rotatable bonds is 0. The molecule has 0 amide bonds. The first-order valence-corrected chi connectivity index (χ1v) is 3.73. The van der Waals surface area contributed by atoms with Crippen molar-refractivity contribution >= 4 is 10.9 Å². The lowest BCUT2D eigenvalue weighted by Crippen LogP contribution is -2.30. The molecule has 0 aliphatic rings. The van der Waals surface area contributed by atoms with Crippen molar-refractivity contribution in [1.29, 1.82) is 0 Å². The van der Waals surface area contributed by atoms with Gasteiger partial charge in [-0.05, 0) is 13.0 Å². The number of pyridine rings is 2. The third-order valence-electron chi connectivity index (χ3n) is 1.86. The van der Waals surface area contributed by atoms with Gasteiger partial charge in [-0.3, -0.25) is 10.2 Å². The Hall–Kier alpha value is -1.64. The van der Waals surface area contributed by atoms with Gasteiger partial charge in [0.2, 0.25) is 6.20 Å². The minimum absolute atomic E-state index is 0.813. The van der Waals surface area contributed by atoms with Crippen molar-refractivity contribution in [1.82, 2.24) is 4.98 Å². The summed E-state index contributed by atoms with van der Waals surface area (Å²) in [6.45, 7) is 1.92. The minimum atomic E-state index is 0.813. The van der Waals surface area contributed by atoms with Crippen LogP contribution < -0.4 is 4.73 Å². The Morgan fingerprint density at radius 2 is 2.25 bits per heavy atom. The zero-order chi connectivity index (χ0) is 8.55. The number of nitrogens with zero attached hydrogens (tertiary/aromatic N) is 2. The number of aryl methyl sites for hydroxylation is 1. The smallest absolute Gasteiger partial charge is 0.270 e. The highest BCUT2D eigenvalue weighted by molar-refractivity contribution is 5.76. The van der Waals surface area contributed by atoms with Gasteiger partial charge < -0.3 is 0 Å². The zero-order valence-corrected chi connectivity index (χ0v) is 6.73. The first-order chi connectivity index (χ1) is 5.79. The fourth-order valence-corrected chi connectivity index (χ4v) is 1.32. The van der Waals surface area contributed by atoms with Crippen LogP contribution in [0.15, 0.2) is 30.7 Å². The Morgan fingerprint density at radius 3 is 3.00 bits per heavy atom. The van der Waals surface area contributed by atoms with E-state index in [0.29, 0.717) is 0 Å². The maximum Gasteiger partial charge on any atom is 0.270 e. The van der Waals surface area contributed by atoms with Crippen LogP contribution in [0, 0.1) is 6.92 Å². The Morgan fingerprint density at radius 1 is 1.42 bits per heavy atom. The molecular formula is C9H9N2O+. The second-order valence-electron chi connectivity index (χ2n) is 2.75. The van der Waals surface area contributed by atoms with E-state index >= 15 is 0 Å². The Balaban J connectivity index is 2.96. The molecule has 3 nitrogen and oxygen atoms in total. The van der Waals surface area contributed by atoms with Crippen molar-refractivity contribution in [2.45, 2.75) is 6.92 Å². The summed E-state index contributed by atoms with van der Waals surface area (Å²) in [6.07, 6.45) is 5.07. The van der Waals surface area contributed by atoms with Gasteiger partial charge in [-0.2, -0.15) is 0 Å². The second kappa shape index (κ2) is 2.44. The normalized spacial score (nSPS) is 10.4. The minimum Gasteiger partial charge on any atom is -0.285 e. The molecule has 0 aliphatic carbocycles. The van der Waals surface area contributed by atoms with Crippen molar-refractivity contribution in [2.75, 3.05) is 0 Å². The number of hydrogen-bond acceptors (Lipinski definition) is 2. The fraction of sp³-hybridized carbons (Fsp3) is 0.111. The molecule has 2 heterocycles. The predicted molar refractivity (Wildman–Crippen MR) is 43.9 cm³/mol. The molecule has 60 valence electrons. The van der Waals surface area contributed by atoms with E-state index in [4.69, 9.17) is 0 Å². The van der Waals surface area contributed by atoms with Crippen LogP contribution in [0.3, 0.4) is 0 Å². The third-order valence-corrected chi connectivity index (χ3v) is 1.86. The van der Waals surface area contributed by atoms with Gasteiger partial charge in [-0.1, -0.05) is 0 Å². The molecule has 12 heavy (non-hydrogen) atoms. The van der Waals surface area contributed by atoms with Gasteiger partial charge >= 0.3 is 0 Å². The van der Waals surface area contributed by atoms with E-state index < -0.39 is 0 Å². The monoisotopic (exact) mass is 161 g/mol. The van der Waals surface area contributed by atoms with Gasteiger partial charge in [-0.25, -0.2) is 0 Å². The van der Waals surface area contributed by atoms with Gasteiger partial charge in [0.1, 0.15) is 0 Å². The van der Waals surface area contributed by atoms with Gasteiger partial charge in [-0.15, -0.1) is 0 Å². The van der Waals surface area contributed by atoms with E-state index in [1.807, 2.05) is 13.0 Å². The maximum atomic E-state index is 9.44. The summed E-state index contributed by atoms with van der Waals surface area (Å²) in [7, 11) is 0. The second-order valence-corrected chi connectivity index (χ2v) is 2.75. The molecule has 0 fully saturated rings. The lowest BCUT2D eigenvalue weighted by molar-refractivity contribution is -0.884. The molecule has 1 N–H and O–H groups in total. The number of fused-ring (bicyclic) bond motifs is 1. The van der Waals surface area contributed by atoms with Crippen molar-refractivity contribution in [3.63, 3.8) is 0 Å². The molecule has 0 spiro atoms. The molecule has 2 aromatic rings. The standard InChI is InChI=1S/C9H9N2O/c1-7-5-10-6-8-3-2-4-11(12)9(7)8/h2-6,12H,1H3/q+1. The van der Waals surface area contributed by atoms with E-state index in [2.05, 4.69) is 4.98 Å².